The lowest BCUT2D eigenvalue weighted by atomic mass is 10.1. The third kappa shape index (κ3) is 4.67. The smallest absolute Gasteiger partial charge is 0.119 e. The average molecular weight is 251 g/mol. The van der Waals surface area contributed by atoms with Crippen LogP contribution in [0.1, 0.15) is 45.2 Å². The molecule has 0 spiro atoms. The first-order chi connectivity index (χ1) is 8.48. The Bertz CT molecular complexity index is 363. The third-order valence-corrected chi connectivity index (χ3v) is 3.25. The maximum Gasteiger partial charge on any atom is 0.119 e. The van der Waals surface area contributed by atoms with E-state index in [4.69, 9.17) is 15.2 Å². The van der Waals surface area contributed by atoms with E-state index in [-0.39, 0.29) is 11.6 Å². The Kier molecular flexibility index (Phi) is 5.63. The molecule has 0 radical (unpaired) electrons. The molecule has 1 unspecified atom stereocenters. The summed E-state index contributed by atoms with van der Waals surface area (Å²) in [4.78, 5) is 0. The van der Waals surface area contributed by atoms with Crippen molar-refractivity contribution in [3.8, 4) is 5.75 Å². The van der Waals surface area contributed by atoms with E-state index < -0.39 is 0 Å². The molecule has 0 heterocycles. The van der Waals surface area contributed by atoms with E-state index in [1.54, 1.807) is 7.11 Å². The lowest BCUT2D eigenvalue weighted by Crippen LogP contribution is -2.25. The monoisotopic (exact) mass is 251 g/mol. The van der Waals surface area contributed by atoms with Gasteiger partial charge in [-0.2, -0.15) is 0 Å². The summed E-state index contributed by atoms with van der Waals surface area (Å²) in [5, 5.41) is 0. The first kappa shape index (κ1) is 15.0. The van der Waals surface area contributed by atoms with Crippen molar-refractivity contribution in [1.82, 2.24) is 0 Å². The fourth-order valence-electron chi connectivity index (χ4n) is 1.59. The van der Waals surface area contributed by atoms with E-state index in [1.807, 2.05) is 24.3 Å². The molecule has 3 heteroatoms. The molecule has 18 heavy (non-hydrogen) atoms. The van der Waals surface area contributed by atoms with Crippen molar-refractivity contribution in [2.24, 2.45) is 5.73 Å². The number of ether oxygens (including phenoxy) is 2. The molecule has 1 atom stereocenters. The Morgan fingerprint density at radius 1 is 1.33 bits per heavy atom. The first-order valence-corrected chi connectivity index (χ1v) is 6.52. The number of hydrogen-bond acceptors (Lipinski definition) is 3. The predicted octanol–water partition coefficient (Wildman–Crippen LogP) is 3.29. The Morgan fingerprint density at radius 3 is 2.67 bits per heavy atom. The molecule has 0 fully saturated rings. The van der Waals surface area contributed by atoms with Gasteiger partial charge < -0.3 is 15.2 Å². The van der Waals surface area contributed by atoms with Crippen molar-refractivity contribution < 1.29 is 9.47 Å². The molecule has 0 aliphatic heterocycles. The quantitative estimate of drug-likeness (QED) is 0.808. The largest absolute Gasteiger partial charge is 0.493 e. The van der Waals surface area contributed by atoms with Gasteiger partial charge >= 0.3 is 0 Å². The second-order valence-electron chi connectivity index (χ2n) is 5.15. The number of benzene rings is 1. The van der Waals surface area contributed by atoms with E-state index in [2.05, 4.69) is 20.8 Å². The zero-order valence-corrected chi connectivity index (χ0v) is 11.9. The van der Waals surface area contributed by atoms with Gasteiger partial charge in [-0.25, -0.2) is 0 Å². The minimum Gasteiger partial charge on any atom is -0.493 e. The van der Waals surface area contributed by atoms with Crippen LogP contribution in [0.25, 0.3) is 0 Å². The van der Waals surface area contributed by atoms with Crippen LogP contribution in [0.5, 0.6) is 5.75 Å². The van der Waals surface area contributed by atoms with Gasteiger partial charge in [0.1, 0.15) is 5.75 Å². The average Bonchev–Trinajstić information content (AvgIpc) is 2.38. The summed E-state index contributed by atoms with van der Waals surface area (Å²) < 4.78 is 11.1. The summed E-state index contributed by atoms with van der Waals surface area (Å²) in [5.41, 5.74) is 6.99. The van der Waals surface area contributed by atoms with Crippen LogP contribution in [0.2, 0.25) is 0 Å². The van der Waals surface area contributed by atoms with Crippen molar-refractivity contribution >= 4 is 0 Å². The summed E-state index contributed by atoms with van der Waals surface area (Å²) in [6.07, 6.45) is 1.79. The van der Waals surface area contributed by atoms with Gasteiger partial charge in [-0.3, -0.25) is 0 Å². The number of hydrogen-bond donors (Lipinski definition) is 1. The van der Waals surface area contributed by atoms with E-state index in [9.17, 15) is 0 Å². The van der Waals surface area contributed by atoms with Gasteiger partial charge in [0, 0.05) is 19.6 Å². The molecule has 0 saturated heterocycles. The second-order valence-corrected chi connectivity index (χ2v) is 5.15. The zero-order valence-electron chi connectivity index (χ0n) is 11.9. The topological polar surface area (TPSA) is 44.5 Å². The van der Waals surface area contributed by atoms with Crippen LogP contribution in [0.3, 0.4) is 0 Å². The Hall–Kier alpha value is -1.06. The van der Waals surface area contributed by atoms with Crippen molar-refractivity contribution in [1.29, 1.82) is 0 Å². The standard InChI is InChI=1S/C15H25NO2/c1-5-14(16)12-7-6-8-13(11-12)18-10-9-15(2,3)17-4/h6-8,11,14H,5,9-10,16H2,1-4H3. The van der Waals surface area contributed by atoms with Crippen LogP contribution >= 0.6 is 0 Å². The van der Waals surface area contributed by atoms with Gasteiger partial charge in [0.05, 0.1) is 12.2 Å². The highest BCUT2D eigenvalue weighted by Gasteiger charge is 2.16. The summed E-state index contributed by atoms with van der Waals surface area (Å²) >= 11 is 0. The molecule has 2 N–H and O–H groups in total. The molecule has 1 rings (SSSR count). The molecule has 0 aromatic heterocycles. The molecular weight excluding hydrogens is 226 g/mol. The highest BCUT2D eigenvalue weighted by Crippen LogP contribution is 2.21. The molecular formula is C15H25NO2. The van der Waals surface area contributed by atoms with E-state index in [1.165, 1.54) is 0 Å². The maximum absolute atomic E-state index is 6.01. The molecule has 1 aromatic rings. The molecule has 0 amide bonds. The van der Waals surface area contributed by atoms with Crippen molar-refractivity contribution in [3.63, 3.8) is 0 Å². The van der Waals surface area contributed by atoms with Crippen LogP contribution < -0.4 is 10.5 Å². The van der Waals surface area contributed by atoms with Gasteiger partial charge in [-0.05, 0) is 38.0 Å². The Balaban J connectivity index is 2.53. The molecule has 0 aliphatic carbocycles. The van der Waals surface area contributed by atoms with Crippen molar-refractivity contribution in [2.75, 3.05) is 13.7 Å². The van der Waals surface area contributed by atoms with Gasteiger partial charge in [0.2, 0.25) is 0 Å². The minimum atomic E-state index is -0.141. The molecule has 0 saturated carbocycles. The molecule has 0 bridgehead atoms. The SMILES string of the molecule is CCC(N)c1cccc(OCCC(C)(C)OC)c1. The number of nitrogens with two attached hydrogens (primary N) is 1. The van der Waals surface area contributed by atoms with Crippen LogP contribution in [-0.4, -0.2) is 19.3 Å². The molecule has 0 aliphatic rings. The summed E-state index contributed by atoms with van der Waals surface area (Å²) in [5.74, 6) is 0.878. The normalized spacial score (nSPS) is 13.4. The summed E-state index contributed by atoms with van der Waals surface area (Å²) in [7, 11) is 1.72. The lowest BCUT2D eigenvalue weighted by Gasteiger charge is -2.22. The van der Waals surface area contributed by atoms with Crippen LogP contribution in [0.15, 0.2) is 24.3 Å². The zero-order chi connectivity index (χ0) is 13.6. The van der Waals surface area contributed by atoms with Crippen LogP contribution in [-0.2, 0) is 4.74 Å². The van der Waals surface area contributed by atoms with Crippen LogP contribution in [0, 0.1) is 0 Å². The van der Waals surface area contributed by atoms with Crippen molar-refractivity contribution in [2.45, 2.75) is 45.3 Å². The van der Waals surface area contributed by atoms with Gasteiger partial charge in [0.25, 0.3) is 0 Å². The Labute approximate surface area is 110 Å². The van der Waals surface area contributed by atoms with E-state index in [0.29, 0.717) is 6.61 Å². The maximum atomic E-state index is 6.01. The van der Waals surface area contributed by atoms with Crippen LogP contribution in [0.4, 0.5) is 0 Å². The summed E-state index contributed by atoms with van der Waals surface area (Å²) in [6.45, 7) is 6.84. The lowest BCUT2D eigenvalue weighted by molar-refractivity contribution is 0.00545. The highest BCUT2D eigenvalue weighted by molar-refractivity contribution is 5.30. The molecule has 102 valence electrons. The number of methoxy groups -OCH3 is 1. The van der Waals surface area contributed by atoms with E-state index in [0.717, 1.165) is 24.2 Å². The third-order valence-electron chi connectivity index (χ3n) is 3.25. The fraction of sp³-hybridized carbons (Fsp3) is 0.600. The molecule has 3 nitrogen and oxygen atoms in total. The second kappa shape index (κ2) is 6.76. The predicted molar refractivity (Wildman–Crippen MR) is 74.9 cm³/mol. The fourth-order valence-corrected chi connectivity index (χ4v) is 1.59. The highest BCUT2D eigenvalue weighted by atomic mass is 16.5. The molecule has 1 aromatic carbocycles. The summed E-state index contributed by atoms with van der Waals surface area (Å²) in [6, 6.07) is 8.10. The number of rotatable bonds is 7. The van der Waals surface area contributed by atoms with Crippen molar-refractivity contribution in [3.05, 3.63) is 29.8 Å². The minimum absolute atomic E-state index is 0.0870. The Morgan fingerprint density at radius 2 is 2.06 bits per heavy atom. The van der Waals surface area contributed by atoms with Gasteiger partial charge in [-0.1, -0.05) is 19.1 Å². The van der Waals surface area contributed by atoms with Gasteiger partial charge in [0.15, 0.2) is 0 Å². The van der Waals surface area contributed by atoms with E-state index >= 15 is 0 Å². The van der Waals surface area contributed by atoms with Gasteiger partial charge in [-0.15, -0.1) is 0 Å². The first-order valence-electron chi connectivity index (χ1n) is 6.52.